The fourth-order valence-electron chi connectivity index (χ4n) is 4.43. The highest BCUT2D eigenvalue weighted by Gasteiger charge is 2.40. The summed E-state index contributed by atoms with van der Waals surface area (Å²) in [6, 6.07) is 16.6. The smallest absolute Gasteiger partial charge is 0.450 e. The summed E-state index contributed by atoms with van der Waals surface area (Å²) in [4.78, 5) is 15.4. The number of benzene rings is 3. The first kappa shape index (κ1) is 24.2. The molecule has 0 fully saturated rings. The van der Waals surface area contributed by atoms with Crippen LogP contribution in [0.25, 0.3) is 22.1 Å². The van der Waals surface area contributed by atoms with Crippen molar-refractivity contribution in [1.82, 2.24) is 4.90 Å². The first-order chi connectivity index (χ1) is 17.3. The SMILES string of the molecule is COc1ccccc1-c1c(C(F)(F)F)oc2c3c(ccc2c1=O)OCN(CCc1ccccc1Cl)C3. The lowest BCUT2D eigenvalue weighted by Gasteiger charge is -2.29. The molecule has 0 N–H and O–H groups in total. The molecule has 1 aromatic heterocycles. The van der Waals surface area contributed by atoms with Gasteiger partial charge in [0.25, 0.3) is 0 Å². The van der Waals surface area contributed by atoms with Crippen LogP contribution in [0.4, 0.5) is 13.2 Å². The van der Waals surface area contributed by atoms with Crippen LogP contribution in [0.2, 0.25) is 5.02 Å². The van der Waals surface area contributed by atoms with Crippen LogP contribution in [0.3, 0.4) is 0 Å². The molecule has 2 heterocycles. The number of alkyl halides is 3. The predicted octanol–water partition coefficient (Wildman–Crippen LogP) is 6.54. The van der Waals surface area contributed by atoms with E-state index in [4.69, 9.17) is 25.5 Å². The lowest BCUT2D eigenvalue weighted by molar-refractivity contribution is -0.152. The van der Waals surface area contributed by atoms with Crippen LogP contribution in [-0.4, -0.2) is 25.3 Å². The fourth-order valence-corrected chi connectivity index (χ4v) is 4.66. The van der Waals surface area contributed by atoms with Gasteiger partial charge in [-0.2, -0.15) is 13.2 Å². The summed E-state index contributed by atoms with van der Waals surface area (Å²) in [7, 11) is 1.33. The van der Waals surface area contributed by atoms with Crippen molar-refractivity contribution in [2.75, 3.05) is 20.4 Å². The normalized spacial score (nSPS) is 13.9. The van der Waals surface area contributed by atoms with Crippen LogP contribution in [0.1, 0.15) is 16.9 Å². The molecule has 0 radical (unpaired) electrons. The first-order valence-corrected chi connectivity index (χ1v) is 11.6. The second-order valence-electron chi connectivity index (χ2n) is 8.42. The van der Waals surface area contributed by atoms with Gasteiger partial charge in [0, 0.05) is 23.7 Å². The van der Waals surface area contributed by atoms with Crippen LogP contribution >= 0.6 is 11.6 Å². The molecule has 4 aromatic rings. The van der Waals surface area contributed by atoms with Crippen molar-refractivity contribution in [1.29, 1.82) is 0 Å². The van der Waals surface area contributed by atoms with Gasteiger partial charge in [0.1, 0.15) is 23.8 Å². The molecule has 3 aromatic carbocycles. The molecule has 0 bridgehead atoms. The Morgan fingerprint density at radius 3 is 2.56 bits per heavy atom. The van der Waals surface area contributed by atoms with Crippen LogP contribution in [0.5, 0.6) is 11.5 Å². The summed E-state index contributed by atoms with van der Waals surface area (Å²) in [6.45, 7) is 1.05. The van der Waals surface area contributed by atoms with Crippen LogP contribution in [0.15, 0.2) is 69.9 Å². The van der Waals surface area contributed by atoms with Crippen molar-refractivity contribution in [3.05, 3.63) is 92.8 Å². The Kier molecular flexibility index (Phi) is 6.40. The molecule has 0 saturated carbocycles. The Labute approximate surface area is 209 Å². The van der Waals surface area contributed by atoms with E-state index in [1.54, 1.807) is 24.3 Å². The van der Waals surface area contributed by atoms with E-state index in [1.165, 1.54) is 25.3 Å². The number of para-hydroxylation sites is 1. The Morgan fingerprint density at radius 1 is 1.06 bits per heavy atom. The summed E-state index contributed by atoms with van der Waals surface area (Å²) < 4.78 is 59.2. The summed E-state index contributed by atoms with van der Waals surface area (Å²) in [5, 5.41) is 0.685. The predicted molar refractivity (Wildman–Crippen MR) is 131 cm³/mol. The number of nitrogens with zero attached hydrogens (tertiary/aromatic N) is 1. The van der Waals surface area contributed by atoms with Crippen molar-refractivity contribution in [3.63, 3.8) is 0 Å². The minimum atomic E-state index is -4.91. The van der Waals surface area contributed by atoms with Gasteiger partial charge in [0.15, 0.2) is 0 Å². The van der Waals surface area contributed by atoms with E-state index in [0.29, 0.717) is 29.3 Å². The maximum absolute atomic E-state index is 14.2. The zero-order chi connectivity index (χ0) is 25.4. The largest absolute Gasteiger partial charge is 0.496 e. The number of hydrogen-bond acceptors (Lipinski definition) is 5. The highest BCUT2D eigenvalue weighted by molar-refractivity contribution is 6.31. The average Bonchev–Trinajstić information content (AvgIpc) is 2.87. The molecule has 0 aliphatic carbocycles. The van der Waals surface area contributed by atoms with Crippen molar-refractivity contribution >= 4 is 22.6 Å². The topological polar surface area (TPSA) is 51.9 Å². The fraction of sp³-hybridized carbons (Fsp3) is 0.222. The first-order valence-electron chi connectivity index (χ1n) is 11.2. The average molecular weight is 516 g/mol. The highest BCUT2D eigenvalue weighted by Crippen LogP contribution is 2.42. The molecule has 9 heteroatoms. The zero-order valence-corrected chi connectivity index (χ0v) is 19.9. The molecule has 0 atom stereocenters. The second-order valence-corrected chi connectivity index (χ2v) is 8.83. The molecule has 0 amide bonds. The van der Waals surface area contributed by atoms with Gasteiger partial charge in [0.2, 0.25) is 11.2 Å². The maximum atomic E-state index is 14.2. The number of rotatable bonds is 5. The molecule has 0 spiro atoms. The van der Waals surface area contributed by atoms with Gasteiger partial charge >= 0.3 is 6.18 Å². The number of fused-ring (bicyclic) bond motifs is 3. The van der Waals surface area contributed by atoms with E-state index >= 15 is 0 Å². The standard InChI is InChI=1S/C27H21ClF3NO4/c1-34-21-9-5-3-7-17(21)23-24(33)18-10-11-22-19(25(18)36-26(23)27(29,30)31)14-32(15-35-22)13-12-16-6-2-4-8-20(16)28/h2-11H,12-15H2,1H3. The van der Waals surface area contributed by atoms with Gasteiger partial charge in [-0.3, -0.25) is 9.69 Å². The van der Waals surface area contributed by atoms with Gasteiger partial charge in [-0.05, 0) is 36.2 Å². The third-order valence-electron chi connectivity index (χ3n) is 6.19. The summed E-state index contributed by atoms with van der Waals surface area (Å²) in [6.07, 6.45) is -4.29. The Hall–Kier alpha value is -3.49. The minimum Gasteiger partial charge on any atom is -0.496 e. The van der Waals surface area contributed by atoms with Gasteiger partial charge in [-0.15, -0.1) is 0 Å². The summed E-state index contributed by atoms with van der Waals surface area (Å²) in [5.41, 5.74) is -0.143. The van der Waals surface area contributed by atoms with Crippen LogP contribution in [0, 0.1) is 0 Å². The van der Waals surface area contributed by atoms with Crippen LogP contribution < -0.4 is 14.9 Å². The Morgan fingerprint density at radius 2 is 1.81 bits per heavy atom. The number of hydrogen-bond donors (Lipinski definition) is 0. The van der Waals surface area contributed by atoms with Gasteiger partial charge < -0.3 is 13.9 Å². The van der Waals surface area contributed by atoms with Crippen molar-refractivity contribution < 1.29 is 27.1 Å². The zero-order valence-electron chi connectivity index (χ0n) is 19.2. The summed E-state index contributed by atoms with van der Waals surface area (Å²) in [5.74, 6) is -0.842. The molecule has 1 aliphatic rings. The lowest BCUT2D eigenvalue weighted by Crippen LogP contribution is -2.34. The van der Waals surface area contributed by atoms with E-state index in [9.17, 15) is 18.0 Å². The lowest BCUT2D eigenvalue weighted by atomic mass is 9.99. The number of ether oxygens (including phenoxy) is 2. The quantitative estimate of drug-likeness (QED) is 0.302. The van der Waals surface area contributed by atoms with Crippen molar-refractivity contribution in [2.45, 2.75) is 19.1 Å². The minimum absolute atomic E-state index is 0.0123. The molecule has 1 aliphatic heterocycles. The van der Waals surface area contributed by atoms with Gasteiger partial charge in [0.05, 0.1) is 23.6 Å². The maximum Gasteiger partial charge on any atom is 0.450 e. The molecular formula is C27H21ClF3NO4. The van der Waals surface area contributed by atoms with E-state index in [-0.39, 0.29) is 35.6 Å². The molecule has 0 saturated heterocycles. The van der Waals surface area contributed by atoms with Gasteiger partial charge in [-0.25, -0.2) is 0 Å². The van der Waals surface area contributed by atoms with E-state index < -0.39 is 22.9 Å². The van der Waals surface area contributed by atoms with Gasteiger partial charge in [-0.1, -0.05) is 48.0 Å². The molecular weight excluding hydrogens is 495 g/mol. The van der Waals surface area contributed by atoms with E-state index in [1.807, 2.05) is 23.1 Å². The monoisotopic (exact) mass is 515 g/mol. The third-order valence-corrected chi connectivity index (χ3v) is 6.56. The molecule has 0 unspecified atom stereocenters. The number of methoxy groups -OCH3 is 1. The Bertz CT molecular complexity index is 1500. The van der Waals surface area contributed by atoms with Crippen LogP contribution in [-0.2, 0) is 19.1 Å². The van der Waals surface area contributed by atoms with E-state index in [0.717, 1.165) is 5.56 Å². The molecule has 36 heavy (non-hydrogen) atoms. The van der Waals surface area contributed by atoms with Crippen molar-refractivity contribution in [2.24, 2.45) is 0 Å². The molecule has 5 nitrogen and oxygen atoms in total. The number of halogens is 4. The van der Waals surface area contributed by atoms with Crippen molar-refractivity contribution in [3.8, 4) is 22.6 Å². The molecule has 5 rings (SSSR count). The third kappa shape index (κ3) is 4.42. The highest BCUT2D eigenvalue weighted by atomic mass is 35.5. The Balaban J connectivity index is 1.60. The molecule has 186 valence electrons. The van der Waals surface area contributed by atoms with E-state index in [2.05, 4.69) is 0 Å². The summed E-state index contributed by atoms with van der Waals surface area (Å²) >= 11 is 6.25. The second kappa shape index (κ2) is 9.52.